The Morgan fingerprint density at radius 1 is 0.939 bits per heavy atom. The molecule has 0 fully saturated rings. The summed E-state index contributed by atoms with van der Waals surface area (Å²) in [6.07, 6.45) is 0. The molecule has 1 heterocycles. The third-order valence-electron chi connectivity index (χ3n) is 5.23. The number of hydrogen-bond acceptors (Lipinski definition) is 5. The number of aromatic nitrogens is 3. The van der Waals surface area contributed by atoms with Crippen LogP contribution in [0.2, 0.25) is 0 Å². The molecule has 0 aliphatic heterocycles. The van der Waals surface area contributed by atoms with Crippen LogP contribution in [-0.4, -0.2) is 34.5 Å². The lowest BCUT2D eigenvalue weighted by molar-refractivity contribution is 0.0697. The molecule has 0 saturated carbocycles. The standard InChI is InChI=1S/C24H20FN3O4S/c1-15(2)16-7-13-21(14-8-16)33(31,32)23-22(17-3-9-19(25)10-4-17)28(27-26-23)20-11-5-18(6-12-20)24(29)30/h3-15H,1-2H3,(H,29,30). The zero-order chi connectivity index (χ0) is 23.8. The Kier molecular flexibility index (Phi) is 5.82. The first-order valence-electron chi connectivity index (χ1n) is 10.1. The van der Waals surface area contributed by atoms with Crippen LogP contribution >= 0.6 is 0 Å². The molecule has 0 aliphatic carbocycles. The van der Waals surface area contributed by atoms with E-state index in [1.54, 1.807) is 12.1 Å². The average Bonchev–Trinajstić information content (AvgIpc) is 3.26. The van der Waals surface area contributed by atoms with Gasteiger partial charge in [0.2, 0.25) is 14.9 Å². The molecule has 0 radical (unpaired) electrons. The summed E-state index contributed by atoms with van der Waals surface area (Å²) in [5.41, 5.74) is 2.01. The lowest BCUT2D eigenvalue weighted by atomic mass is 10.0. The molecule has 4 rings (SSSR count). The second kappa shape index (κ2) is 8.59. The molecule has 0 atom stereocenters. The van der Waals surface area contributed by atoms with Gasteiger partial charge in [-0.2, -0.15) is 0 Å². The van der Waals surface area contributed by atoms with Gasteiger partial charge in [-0.25, -0.2) is 22.3 Å². The van der Waals surface area contributed by atoms with Crippen molar-refractivity contribution < 1.29 is 22.7 Å². The highest BCUT2D eigenvalue weighted by Gasteiger charge is 2.29. The quantitative estimate of drug-likeness (QED) is 0.442. The number of nitrogens with zero attached hydrogens (tertiary/aromatic N) is 3. The first-order valence-corrected chi connectivity index (χ1v) is 11.6. The van der Waals surface area contributed by atoms with Crippen LogP contribution in [0, 0.1) is 5.82 Å². The molecule has 0 unspecified atom stereocenters. The van der Waals surface area contributed by atoms with Crippen LogP contribution in [0.4, 0.5) is 4.39 Å². The minimum Gasteiger partial charge on any atom is -0.478 e. The summed E-state index contributed by atoms with van der Waals surface area (Å²) in [6.45, 7) is 4.02. The smallest absolute Gasteiger partial charge is 0.335 e. The summed E-state index contributed by atoms with van der Waals surface area (Å²) in [5, 5.41) is 16.9. The largest absolute Gasteiger partial charge is 0.478 e. The summed E-state index contributed by atoms with van der Waals surface area (Å²) in [4.78, 5) is 11.2. The molecule has 0 spiro atoms. The van der Waals surface area contributed by atoms with Gasteiger partial charge in [-0.1, -0.05) is 31.2 Å². The number of aromatic carboxylic acids is 1. The Morgan fingerprint density at radius 3 is 2.09 bits per heavy atom. The topological polar surface area (TPSA) is 102 Å². The highest BCUT2D eigenvalue weighted by molar-refractivity contribution is 7.91. The molecule has 1 N–H and O–H groups in total. The molecule has 0 saturated heterocycles. The van der Waals surface area contributed by atoms with Crippen molar-refractivity contribution in [3.63, 3.8) is 0 Å². The molecule has 7 nitrogen and oxygen atoms in total. The first-order chi connectivity index (χ1) is 15.7. The van der Waals surface area contributed by atoms with Crippen molar-refractivity contribution in [3.05, 3.63) is 89.7 Å². The first kappa shape index (κ1) is 22.3. The molecule has 9 heteroatoms. The second-order valence-electron chi connectivity index (χ2n) is 7.74. The Morgan fingerprint density at radius 2 is 1.55 bits per heavy atom. The van der Waals surface area contributed by atoms with Crippen molar-refractivity contribution in [1.29, 1.82) is 0 Å². The third-order valence-corrected chi connectivity index (χ3v) is 6.90. The van der Waals surface area contributed by atoms with E-state index in [2.05, 4.69) is 10.3 Å². The number of carbonyl (C=O) groups is 1. The summed E-state index contributed by atoms with van der Waals surface area (Å²) in [7, 11) is -4.06. The van der Waals surface area contributed by atoms with E-state index < -0.39 is 21.6 Å². The van der Waals surface area contributed by atoms with Crippen LogP contribution in [0.5, 0.6) is 0 Å². The Bertz CT molecular complexity index is 1410. The van der Waals surface area contributed by atoms with Crippen molar-refractivity contribution in [2.24, 2.45) is 0 Å². The van der Waals surface area contributed by atoms with Crippen molar-refractivity contribution >= 4 is 15.8 Å². The molecular weight excluding hydrogens is 445 g/mol. The highest BCUT2D eigenvalue weighted by atomic mass is 32.2. The van der Waals surface area contributed by atoms with Crippen LogP contribution in [0.15, 0.2) is 82.7 Å². The van der Waals surface area contributed by atoms with Gasteiger partial charge in [0.1, 0.15) is 11.5 Å². The summed E-state index contributed by atoms with van der Waals surface area (Å²) < 4.78 is 41.9. The van der Waals surface area contributed by atoms with Gasteiger partial charge >= 0.3 is 5.97 Å². The maximum absolute atomic E-state index is 13.6. The van der Waals surface area contributed by atoms with Gasteiger partial charge in [0.15, 0.2) is 0 Å². The monoisotopic (exact) mass is 465 g/mol. The van der Waals surface area contributed by atoms with Crippen LogP contribution in [0.25, 0.3) is 16.9 Å². The predicted octanol–water partition coefficient (Wildman–Crippen LogP) is 4.73. The Hall–Kier alpha value is -3.85. The van der Waals surface area contributed by atoms with Crippen molar-refractivity contribution in [1.82, 2.24) is 15.0 Å². The van der Waals surface area contributed by atoms with Gasteiger partial charge in [-0.3, -0.25) is 0 Å². The molecular formula is C24H20FN3O4S. The minimum atomic E-state index is -4.06. The van der Waals surface area contributed by atoms with Crippen LogP contribution in [0.3, 0.4) is 0 Å². The lowest BCUT2D eigenvalue weighted by Gasteiger charge is -2.10. The van der Waals surface area contributed by atoms with E-state index in [0.717, 1.165) is 5.56 Å². The number of sulfone groups is 1. The van der Waals surface area contributed by atoms with Gasteiger partial charge in [0.05, 0.1) is 16.1 Å². The highest BCUT2D eigenvalue weighted by Crippen LogP contribution is 2.32. The number of carboxylic acids is 1. The minimum absolute atomic E-state index is 0.0588. The van der Waals surface area contributed by atoms with E-state index in [-0.39, 0.29) is 27.1 Å². The molecule has 1 aromatic heterocycles. The van der Waals surface area contributed by atoms with E-state index in [4.69, 9.17) is 5.11 Å². The van der Waals surface area contributed by atoms with Gasteiger partial charge < -0.3 is 5.11 Å². The number of halogens is 1. The van der Waals surface area contributed by atoms with Crippen molar-refractivity contribution in [2.75, 3.05) is 0 Å². The summed E-state index contributed by atoms with van der Waals surface area (Å²) in [5.74, 6) is -1.32. The molecule has 33 heavy (non-hydrogen) atoms. The van der Waals surface area contributed by atoms with Crippen LogP contribution in [-0.2, 0) is 9.84 Å². The molecule has 0 amide bonds. The fourth-order valence-corrected chi connectivity index (χ4v) is 4.69. The zero-order valence-corrected chi connectivity index (χ0v) is 18.6. The Labute approximate surface area is 190 Å². The zero-order valence-electron chi connectivity index (χ0n) is 17.8. The third kappa shape index (κ3) is 4.27. The summed E-state index contributed by atoms with van der Waals surface area (Å²) in [6, 6.07) is 17.6. The van der Waals surface area contributed by atoms with Crippen LogP contribution < -0.4 is 0 Å². The molecule has 0 bridgehead atoms. The van der Waals surface area contributed by atoms with Gasteiger partial charge in [-0.15, -0.1) is 5.10 Å². The maximum Gasteiger partial charge on any atom is 0.335 e. The van der Waals surface area contributed by atoms with Gasteiger partial charge in [0, 0.05) is 5.56 Å². The van der Waals surface area contributed by atoms with Crippen LogP contribution in [0.1, 0.15) is 35.7 Å². The van der Waals surface area contributed by atoms with E-state index in [9.17, 15) is 17.6 Å². The predicted molar refractivity (Wildman–Crippen MR) is 120 cm³/mol. The molecule has 168 valence electrons. The molecule has 3 aromatic carbocycles. The van der Waals surface area contributed by atoms with Gasteiger partial charge in [0.25, 0.3) is 0 Å². The SMILES string of the molecule is CC(C)c1ccc(S(=O)(=O)c2nnn(-c3ccc(C(=O)O)cc3)c2-c2ccc(F)cc2)cc1. The van der Waals surface area contributed by atoms with Gasteiger partial charge in [-0.05, 0) is 72.1 Å². The van der Waals surface area contributed by atoms with E-state index in [0.29, 0.717) is 11.3 Å². The lowest BCUT2D eigenvalue weighted by Crippen LogP contribution is -2.06. The van der Waals surface area contributed by atoms with E-state index in [1.807, 2.05) is 13.8 Å². The maximum atomic E-state index is 13.6. The number of rotatable bonds is 6. The molecule has 4 aromatic rings. The number of carboxylic acid groups (broad SMARTS) is 1. The fraction of sp³-hybridized carbons (Fsp3) is 0.125. The molecule has 0 aliphatic rings. The second-order valence-corrected chi connectivity index (χ2v) is 9.61. The fourth-order valence-electron chi connectivity index (χ4n) is 3.37. The normalized spacial score (nSPS) is 11.6. The van der Waals surface area contributed by atoms with Crippen molar-refractivity contribution in [2.45, 2.75) is 29.7 Å². The summed E-state index contributed by atoms with van der Waals surface area (Å²) >= 11 is 0. The van der Waals surface area contributed by atoms with Crippen molar-refractivity contribution in [3.8, 4) is 16.9 Å². The van der Waals surface area contributed by atoms with E-state index >= 15 is 0 Å². The number of benzene rings is 3. The number of hydrogen-bond donors (Lipinski definition) is 1. The Balaban J connectivity index is 1.89. The average molecular weight is 466 g/mol. The van der Waals surface area contributed by atoms with E-state index in [1.165, 1.54) is 65.3 Å².